The third-order valence-electron chi connectivity index (χ3n) is 2.87. The highest BCUT2D eigenvalue weighted by atomic mass is 16.5. The lowest BCUT2D eigenvalue weighted by Crippen LogP contribution is -2.24. The summed E-state index contributed by atoms with van der Waals surface area (Å²) in [4.78, 5) is 16.0. The molecule has 1 aliphatic rings. The maximum atomic E-state index is 11.7. The second-order valence-corrected chi connectivity index (χ2v) is 3.88. The Morgan fingerprint density at radius 2 is 2.44 bits per heavy atom. The SMILES string of the molecule is CCOC(=O)[C@H]1CNC[C@@H]1c1ccccn1. The molecular formula is C12H16N2O2. The molecule has 0 aromatic carbocycles. The first-order valence-electron chi connectivity index (χ1n) is 5.61. The number of carbonyl (C=O) groups excluding carboxylic acids is 1. The van der Waals surface area contributed by atoms with Crippen molar-refractivity contribution < 1.29 is 9.53 Å². The van der Waals surface area contributed by atoms with Crippen LogP contribution in [0.5, 0.6) is 0 Å². The van der Waals surface area contributed by atoms with Gasteiger partial charge in [-0.25, -0.2) is 0 Å². The number of carbonyl (C=O) groups is 1. The van der Waals surface area contributed by atoms with E-state index in [0.717, 1.165) is 12.2 Å². The Hall–Kier alpha value is -1.42. The minimum atomic E-state index is -0.122. The van der Waals surface area contributed by atoms with Crippen molar-refractivity contribution in [3.8, 4) is 0 Å². The van der Waals surface area contributed by atoms with E-state index in [1.165, 1.54) is 0 Å². The lowest BCUT2D eigenvalue weighted by Gasteiger charge is -2.16. The molecule has 1 aromatic rings. The number of nitrogens with one attached hydrogen (secondary N) is 1. The zero-order chi connectivity index (χ0) is 11.4. The highest BCUT2D eigenvalue weighted by Gasteiger charge is 2.35. The van der Waals surface area contributed by atoms with Crippen LogP contribution in [0.1, 0.15) is 18.5 Å². The molecule has 1 fully saturated rings. The van der Waals surface area contributed by atoms with Crippen LogP contribution < -0.4 is 5.32 Å². The Morgan fingerprint density at radius 3 is 3.12 bits per heavy atom. The van der Waals surface area contributed by atoms with Gasteiger partial charge in [0.25, 0.3) is 0 Å². The van der Waals surface area contributed by atoms with Gasteiger partial charge in [0.2, 0.25) is 0 Å². The van der Waals surface area contributed by atoms with Crippen molar-refractivity contribution in [2.75, 3.05) is 19.7 Å². The van der Waals surface area contributed by atoms with Crippen LogP contribution in [-0.2, 0) is 9.53 Å². The molecular weight excluding hydrogens is 204 g/mol. The molecule has 1 N–H and O–H groups in total. The van der Waals surface area contributed by atoms with Crippen molar-refractivity contribution in [3.05, 3.63) is 30.1 Å². The topological polar surface area (TPSA) is 51.2 Å². The molecule has 0 radical (unpaired) electrons. The number of hydrogen-bond acceptors (Lipinski definition) is 4. The molecule has 0 bridgehead atoms. The summed E-state index contributed by atoms with van der Waals surface area (Å²) in [5, 5.41) is 3.22. The van der Waals surface area contributed by atoms with Gasteiger partial charge >= 0.3 is 5.97 Å². The Labute approximate surface area is 95.0 Å². The van der Waals surface area contributed by atoms with E-state index in [-0.39, 0.29) is 17.8 Å². The largest absolute Gasteiger partial charge is 0.466 e. The van der Waals surface area contributed by atoms with Gasteiger partial charge in [0.1, 0.15) is 0 Å². The monoisotopic (exact) mass is 220 g/mol. The summed E-state index contributed by atoms with van der Waals surface area (Å²) >= 11 is 0. The number of rotatable bonds is 3. The quantitative estimate of drug-likeness (QED) is 0.770. The molecule has 2 atom stereocenters. The lowest BCUT2D eigenvalue weighted by atomic mass is 9.92. The van der Waals surface area contributed by atoms with Crippen molar-refractivity contribution in [1.29, 1.82) is 0 Å². The van der Waals surface area contributed by atoms with E-state index in [4.69, 9.17) is 4.74 Å². The van der Waals surface area contributed by atoms with Crippen molar-refractivity contribution >= 4 is 5.97 Å². The molecule has 2 rings (SSSR count). The number of nitrogens with zero attached hydrogens (tertiary/aromatic N) is 1. The number of aromatic nitrogens is 1. The van der Waals surface area contributed by atoms with Crippen molar-refractivity contribution in [1.82, 2.24) is 10.3 Å². The predicted octanol–water partition coefficient (Wildman–Crippen LogP) is 0.948. The molecule has 1 aliphatic heterocycles. The van der Waals surface area contributed by atoms with E-state index < -0.39 is 0 Å². The summed E-state index contributed by atoms with van der Waals surface area (Å²) in [5.41, 5.74) is 0.963. The molecule has 4 nitrogen and oxygen atoms in total. The third-order valence-corrected chi connectivity index (χ3v) is 2.87. The van der Waals surface area contributed by atoms with Crippen LogP contribution in [-0.4, -0.2) is 30.6 Å². The average molecular weight is 220 g/mol. The highest BCUT2D eigenvalue weighted by Crippen LogP contribution is 2.27. The van der Waals surface area contributed by atoms with Gasteiger partial charge in [0.15, 0.2) is 0 Å². The lowest BCUT2D eigenvalue weighted by molar-refractivity contribution is -0.147. The fourth-order valence-corrected chi connectivity index (χ4v) is 2.08. The number of esters is 1. The van der Waals surface area contributed by atoms with Crippen molar-refractivity contribution in [2.24, 2.45) is 5.92 Å². The van der Waals surface area contributed by atoms with E-state index in [2.05, 4.69) is 10.3 Å². The Kier molecular flexibility index (Phi) is 3.51. The predicted molar refractivity (Wildman–Crippen MR) is 60.0 cm³/mol. The Morgan fingerprint density at radius 1 is 1.56 bits per heavy atom. The first-order chi connectivity index (χ1) is 7.83. The Bertz CT molecular complexity index is 353. The molecule has 86 valence electrons. The van der Waals surface area contributed by atoms with Crippen LogP contribution in [0.4, 0.5) is 0 Å². The average Bonchev–Trinajstić information content (AvgIpc) is 2.79. The van der Waals surface area contributed by atoms with Crippen LogP contribution in [0, 0.1) is 5.92 Å². The van der Waals surface area contributed by atoms with Crippen LogP contribution >= 0.6 is 0 Å². The second kappa shape index (κ2) is 5.07. The minimum Gasteiger partial charge on any atom is -0.466 e. The molecule has 2 heterocycles. The highest BCUT2D eigenvalue weighted by molar-refractivity contribution is 5.74. The van der Waals surface area contributed by atoms with Gasteiger partial charge in [0, 0.05) is 30.9 Å². The van der Waals surface area contributed by atoms with E-state index >= 15 is 0 Å². The first kappa shape index (κ1) is 11.1. The molecule has 1 aromatic heterocycles. The van der Waals surface area contributed by atoms with Crippen LogP contribution in [0.25, 0.3) is 0 Å². The maximum absolute atomic E-state index is 11.7. The van der Waals surface area contributed by atoms with E-state index in [1.807, 2.05) is 25.1 Å². The van der Waals surface area contributed by atoms with Gasteiger partial charge < -0.3 is 10.1 Å². The summed E-state index contributed by atoms with van der Waals surface area (Å²) in [5.74, 6) is -0.0850. The molecule has 1 saturated heterocycles. The normalized spacial score (nSPS) is 24.3. The van der Waals surface area contributed by atoms with E-state index in [9.17, 15) is 4.79 Å². The zero-order valence-electron chi connectivity index (χ0n) is 9.35. The smallest absolute Gasteiger partial charge is 0.310 e. The van der Waals surface area contributed by atoms with Gasteiger partial charge in [0.05, 0.1) is 12.5 Å². The molecule has 0 saturated carbocycles. The zero-order valence-corrected chi connectivity index (χ0v) is 9.35. The van der Waals surface area contributed by atoms with Crippen LogP contribution in [0.3, 0.4) is 0 Å². The number of hydrogen-bond donors (Lipinski definition) is 1. The third kappa shape index (κ3) is 2.22. The van der Waals surface area contributed by atoms with E-state index in [0.29, 0.717) is 13.2 Å². The first-order valence-corrected chi connectivity index (χ1v) is 5.61. The summed E-state index contributed by atoms with van der Waals surface area (Å²) in [6.45, 7) is 3.74. The summed E-state index contributed by atoms with van der Waals surface area (Å²) in [6, 6.07) is 5.79. The Balaban J connectivity index is 2.12. The standard InChI is InChI=1S/C12H16N2O2/c1-2-16-12(15)10-8-13-7-9(10)11-5-3-4-6-14-11/h3-6,9-10,13H,2,7-8H2,1H3/t9-,10-/m0/s1. The molecule has 0 unspecified atom stereocenters. The fourth-order valence-electron chi connectivity index (χ4n) is 2.08. The fraction of sp³-hybridized carbons (Fsp3) is 0.500. The maximum Gasteiger partial charge on any atom is 0.310 e. The van der Waals surface area contributed by atoms with Gasteiger partial charge in [-0.1, -0.05) is 6.07 Å². The van der Waals surface area contributed by atoms with Crippen molar-refractivity contribution in [2.45, 2.75) is 12.8 Å². The van der Waals surface area contributed by atoms with E-state index in [1.54, 1.807) is 6.20 Å². The van der Waals surface area contributed by atoms with Gasteiger partial charge in [-0.05, 0) is 19.1 Å². The van der Waals surface area contributed by atoms with Crippen LogP contribution in [0.15, 0.2) is 24.4 Å². The van der Waals surface area contributed by atoms with Gasteiger partial charge in [-0.3, -0.25) is 9.78 Å². The molecule has 0 spiro atoms. The summed E-state index contributed by atoms with van der Waals surface area (Å²) in [7, 11) is 0. The second-order valence-electron chi connectivity index (χ2n) is 3.88. The molecule has 0 amide bonds. The molecule has 0 aliphatic carbocycles. The molecule has 4 heteroatoms. The van der Waals surface area contributed by atoms with Crippen LogP contribution in [0.2, 0.25) is 0 Å². The number of pyridine rings is 1. The summed E-state index contributed by atoms with van der Waals surface area (Å²) < 4.78 is 5.07. The van der Waals surface area contributed by atoms with Crippen molar-refractivity contribution in [3.63, 3.8) is 0 Å². The van der Waals surface area contributed by atoms with Gasteiger partial charge in [-0.2, -0.15) is 0 Å². The minimum absolute atomic E-state index is 0.102. The molecule has 16 heavy (non-hydrogen) atoms. The number of ether oxygens (including phenoxy) is 1. The summed E-state index contributed by atoms with van der Waals surface area (Å²) in [6.07, 6.45) is 1.76. The van der Waals surface area contributed by atoms with Gasteiger partial charge in [-0.15, -0.1) is 0 Å².